The minimum absolute atomic E-state index is 0.143. The molecule has 0 fully saturated rings. The monoisotopic (exact) mass is 292 g/mol. The van der Waals surface area contributed by atoms with Crippen LogP contribution in [-0.2, 0) is 16.0 Å². The minimum Gasteiger partial charge on any atom is -0.481 e. The molecule has 5 heteroatoms. The number of hydrogen-bond acceptors (Lipinski definition) is 3. The summed E-state index contributed by atoms with van der Waals surface area (Å²) in [5, 5.41) is 12.0. The lowest BCUT2D eigenvalue weighted by molar-refractivity contribution is -0.142. The molecular weight excluding hydrogens is 268 g/mol. The number of likely N-dealkylation sites (N-methyl/N-ethyl adjacent to an activating group) is 1. The zero-order valence-corrected chi connectivity index (χ0v) is 12.7. The van der Waals surface area contributed by atoms with Gasteiger partial charge in [0, 0.05) is 13.1 Å². The normalized spacial score (nSPS) is 11.9. The third kappa shape index (κ3) is 5.95. The Morgan fingerprint density at radius 1 is 1.19 bits per heavy atom. The minimum atomic E-state index is -0.965. The van der Waals surface area contributed by atoms with Crippen molar-refractivity contribution in [3.8, 4) is 0 Å². The van der Waals surface area contributed by atoms with Gasteiger partial charge in [0.2, 0.25) is 5.91 Å². The Morgan fingerprint density at radius 3 is 2.33 bits per heavy atom. The lowest BCUT2D eigenvalue weighted by atomic mass is 10.1. The van der Waals surface area contributed by atoms with E-state index in [0.29, 0.717) is 19.6 Å². The van der Waals surface area contributed by atoms with Crippen LogP contribution in [0.15, 0.2) is 30.3 Å². The third-order valence-electron chi connectivity index (χ3n) is 3.40. The van der Waals surface area contributed by atoms with Crippen molar-refractivity contribution in [1.82, 2.24) is 10.2 Å². The van der Waals surface area contributed by atoms with Crippen molar-refractivity contribution in [2.75, 3.05) is 19.6 Å². The number of nitrogens with zero attached hydrogens (tertiary/aromatic N) is 1. The summed E-state index contributed by atoms with van der Waals surface area (Å²) < 4.78 is 0. The number of carboxylic acids is 1. The Balaban J connectivity index is 2.57. The number of rotatable bonds is 9. The van der Waals surface area contributed by atoms with E-state index in [1.54, 1.807) is 4.90 Å². The van der Waals surface area contributed by atoms with Gasteiger partial charge in [0.1, 0.15) is 0 Å². The topological polar surface area (TPSA) is 69.6 Å². The molecule has 0 bridgehead atoms. The van der Waals surface area contributed by atoms with Crippen molar-refractivity contribution >= 4 is 11.9 Å². The molecule has 0 heterocycles. The molecule has 1 unspecified atom stereocenters. The van der Waals surface area contributed by atoms with Gasteiger partial charge in [-0.05, 0) is 32.4 Å². The van der Waals surface area contributed by atoms with Gasteiger partial charge in [-0.25, -0.2) is 0 Å². The van der Waals surface area contributed by atoms with Crippen molar-refractivity contribution in [3.63, 3.8) is 0 Å². The summed E-state index contributed by atoms with van der Waals surface area (Å²) >= 11 is 0. The second kappa shape index (κ2) is 9.13. The average molecular weight is 292 g/mol. The molecule has 2 N–H and O–H groups in total. The summed E-state index contributed by atoms with van der Waals surface area (Å²) in [4.78, 5) is 24.9. The Kier molecular flexibility index (Phi) is 7.46. The lowest BCUT2D eigenvalue weighted by Gasteiger charge is -2.25. The summed E-state index contributed by atoms with van der Waals surface area (Å²) in [6.07, 6.45) is 0.576. The van der Waals surface area contributed by atoms with Crippen LogP contribution in [-0.4, -0.2) is 47.6 Å². The molecule has 1 aromatic rings. The number of nitrogens with one attached hydrogen (secondary N) is 1. The highest BCUT2D eigenvalue weighted by Crippen LogP contribution is 2.03. The van der Waals surface area contributed by atoms with Gasteiger partial charge in [-0.15, -0.1) is 0 Å². The van der Waals surface area contributed by atoms with Crippen LogP contribution in [0.5, 0.6) is 0 Å². The highest BCUT2D eigenvalue weighted by atomic mass is 16.4. The van der Waals surface area contributed by atoms with Crippen LogP contribution in [0, 0.1) is 0 Å². The van der Waals surface area contributed by atoms with Crippen LogP contribution in [0.3, 0.4) is 0 Å². The molecule has 0 saturated carbocycles. The number of carbonyl (C=O) groups is 2. The molecule has 1 aromatic carbocycles. The Hall–Kier alpha value is -1.88. The predicted octanol–water partition coefficient (Wildman–Crippen LogP) is 1.53. The fourth-order valence-corrected chi connectivity index (χ4v) is 2.21. The number of amides is 1. The van der Waals surface area contributed by atoms with Crippen molar-refractivity contribution in [2.24, 2.45) is 0 Å². The SMILES string of the molecule is CCN(CC)C(=O)C(CC(=O)O)NCCc1ccccc1. The van der Waals surface area contributed by atoms with E-state index >= 15 is 0 Å². The molecule has 1 rings (SSSR count). The van der Waals surface area contributed by atoms with Gasteiger partial charge < -0.3 is 15.3 Å². The zero-order valence-electron chi connectivity index (χ0n) is 12.7. The highest BCUT2D eigenvalue weighted by molar-refractivity contribution is 5.86. The van der Waals surface area contributed by atoms with Gasteiger partial charge in [-0.2, -0.15) is 0 Å². The first-order chi connectivity index (χ1) is 10.1. The lowest BCUT2D eigenvalue weighted by Crippen LogP contribution is -2.48. The van der Waals surface area contributed by atoms with Crippen LogP contribution >= 0.6 is 0 Å². The standard InChI is InChI=1S/C16H24N2O3/c1-3-18(4-2)16(21)14(12-15(19)20)17-11-10-13-8-6-5-7-9-13/h5-9,14,17H,3-4,10-12H2,1-2H3,(H,19,20). The van der Waals surface area contributed by atoms with E-state index in [2.05, 4.69) is 5.32 Å². The van der Waals surface area contributed by atoms with E-state index in [-0.39, 0.29) is 12.3 Å². The van der Waals surface area contributed by atoms with Gasteiger partial charge in [0.15, 0.2) is 0 Å². The number of carboxylic acid groups (broad SMARTS) is 1. The maximum Gasteiger partial charge on any atom is 0.305 e. The molecular formula is C16H24N2O3. The molecule has 0 aromatic heterocycles. The molecule has 116 valence electrons. The molecule has 1 amide bonds. The van der Waals surface area contributed by atoms with Crippen LogP contribution in [0.4, 0.5) is 0 Å². The Labute approximate surface area is 126 Å². The summed E-state index contributed by atoms with van der Waals surface area (Å²) in [6.45, 7) is 5.54. The Bertz CT molecular complexity index is 444. The molecule has 1 atom stereocenters. The Morgan fingerprint density at radius 2 is 1.81 bits per heavy atom. The molecule has 0 aliphatic heterocycles. The van der Waals surface area contributed by atoms with E-state index in [0.717, 1.165) is 12.0 Å². The number of aliphatic carboxylic acids is 1. The van der Waals surface area contributed by atoms with Crippen molar-refractivity contribution < 1.29 is 14.7 Å². The molecule has 0 radical (unpaired) electrons. The summed E-state index contributed by atoms with van der Waals surface area (Å²) in [6, 6.07) is 9.25. The van der Waals surface area contributed by atoms with E-state index in [4.69, 9.17) is 5.11 Å². The van der Waals surface area contributed by atoms with E-state index in [1.165, 1.54) is 0 Å². The fourth-order valence-electron chi connectivity index (χ4n) is 2.21. The summed E-state index contributed by atoms with van der Waals surface area (Å²) in [7, 11) is 0. The largest absolute Gasteiger partial charge is 0.481 e. The number of carbonyl (C=O) groups excluding carboxylic acids is 1. The molecule has 0 spiro atoms. The quantitative estimate of drug-likeness (QED) is 0.724. The third-order valence-corrected chi connectivity index (χ3v) is 3.40. The maximum atomic E-state index is 12.3. The molecule has 5 nitrogen and oxygen atoms in total. The van der Waals surface area contributed by atoms with Gasteiger partial charge in [-0.1, -0.05) is 30.3 Å². The van der Waals surface area contributed by atoms with Crippen LogP contribution in [0.1, 0.15) is 25.8 Å². The second-order valence-corrected chi connectivity index (χ2v) is 4.85. The van der Waals surface area contributed by atoms with Gasteiger partial charge >= 0.3 is 5.97 Å². The number of hydrogen-bond donors (Lipinski definition) is 2. The predicted molar refractivity (Wildman–Crippen MR) is 82.1 cm³/mol. The van der Waals surface area contributed by atoms with Gasteiger partial charge in [0.05, 0.1) is 12.5 Å². The van der Waals surface area contributed by atoms with E-state index in [9.17, 15) is 9.59 Å². The average Bonchev–Trinajstić information content (AvgIpc) is 2.48. The first kappa shape index (κ1) is 17.2. The van der Waals surface area contributed by atoms with E-state index in [1.807, 2.05) is 44.2 Å². The summed E-state index contributed by atoms with van der Waals surface area (Å²) in [5.41, 5.74) is 1.16. The van der Waals surface area contributed by atoms with Crippen LogP contribution in [0.25, 0.3) is 0 Å². The van der Waals surface area contributed by atoms with Crippen molar-refractivity contribution in [3.05, 3.63) is 35.9 Å². The molecule has 0 aliphatic carbocycles. The van der Waals surface area contributed by atoms with Crippen molar-refractivity contribution in [2.45, 2.75) is 32.7 Å². The summed E-state index contributed by atoms with van der Waals surface area (Å²) in [5.74, 6) is -1.11. The second-order valence-electron chi connectivity index (χ2n) is 4.85. The molecule has 0 aliphatic rings. The van der Waals surface area contributed by atoms with Crippen LogP contribution < -0.4 is 5.32 Å². The molecule has 21 heavy (non-hydrogen) atoms. The first-order valence-electron chi connectivity index (χ1n) is 7.36. The van der Waals surface area contributed by atoms with E-state index < -0.39 is 12.0 Å². The first-order valence-corrected chi connectivity index (χ1v) is 7.36. The van der Waals surface area contributed by atoms with Gasteiger partial charge in [-0.3, -0.25) is 9.59 Å². The van der Waals surface area contributed by atoms with Crippen LogP contribution in [0.2, 0.25) is 0 Å². The molecule has 0 saturated heterocycles. The number of benzene rings is 1. The van der Waals surface area contributed by atoms with Crippen molar-refractivity contribution in [1.29, 1.82) is 0 Å². The zero-order chi connectivity index (χ0) is 15.7. The highest BCUT2D eigenvalue weighted by Gasteiger charge is 2.24. The smallest absolute Gasteiger partial charge is 0.305 e. The van der Waals surface area contributed by atoms with Gasteiger partial charge in [0.25, 0.3) is 0 Å². The maximum absolute atomic E-state index is 12.3. The fraction of sp³-hybridized carbons (Fsp3) is 0.500.